The molecule has 4 nitrogen and oxygen atoms in total. The van der Waals surface area contributed by atoms with E-state index in [9.17, 15) is 10.2 Å². The van der Waals surface area contributed by atoms with Crippen LogP contribution < -0.4 is 9.47 Å². The van der Waals surface area contributed by atoms with E-state index in [0.717, 1.165) is 0 Å². The Morgan fingerprint density at radius 2 is 0.824 bits per heavy atom. The van der Waals surface area contributed by atoms with E-state index in [4.69, 9.17) is 9.47 Å². The number of benzene rings is 4. The van der Waals surface area contributed by atoms with Gasteiger partial charge in [-0.25, -0.2) is 0 Å². The minimum Gasteiger partial charge on any atom is -0.493 e. The molecule has 0 fully saturated rings. The van der Waals surface area contributed by atoms with Gasteiger partial charge in [0.15, 0.2) is 11.2 Å². The van der Waals surface area contributed by atoms with Crippen LogP contribution in [0.4, 0.5) is 0 Å². The third-order valence-electron chi connectivity index (χ3n) is 6.06. The summed E-state index contributed by atoms with van der Waals surface area (Å²) in [7, 11) is 0. The van der Waals surface area contributed by atoms with Crippen molar-refractivity contribution in [1.29, 1.82) is 0 Å². The number of ether oxygens (including phenoxy) is 2. The lowest BCUT2D eigenvalue weighted by atomic mass is 9.66. The molecule has 0 aliphatic rings. The van der Waals surface area contributed by atoms with Gasteiger partial charge >= 0.3 is 0 Å². The van der Waals surface area contributed by atoms with E-state index < -0.39 is 11.2 Å². The minimum atomic E-state index is -1.92. The van der Waals surface area contributed by atoms with Crippen molar-refractivity contribution in [3.63, 3.8) is 0 Å². The van der Waals surface area contributed by atoms with Gasteiger partial charge in [0.2, 0.25) is 0 Å². The Bertz CT molecular complexity index is 1110. The maximum Gasteiger partial charge on any atom is 0.155 e. The minimum absolute atomic E-state index is 0.418. The second-order valence-corrected chi connectivity index (χ2v) is 8.01. The topological polar surface area (TPSA) is 58.9 Å². The lowest BCUT2D eigenvalue weighted by Gasteiger charge is -2.46. The van der Waals surface area contributed by atoms with Crippen molar-refractivity contribution in [2.75, 3.05) is 13.2 Å². The molecule has 0 aliphatic heterocycles. The zero-order valence-corrected chi connectivity index (χ0v) is 19.5. The van der Waals surface area contributed by atoms with Gasteiger partial charge in [-0.15, -0.1) is 0 Å². The molecule has 0 spiro atoms. The molecule has 0 saturated heterocycles. The molecule has 0 radical (unpaired) electrons. The molecule has 0 aromatic heterocycles. The summed E-state index contributed by atoms with van der Waals surface area (Å²) in [5.41, 5.74) is -1.87. The fourth-order valence-corrected chi connectivity index (χ4v) is 4.57. The monoisotopic (exact) mass is 454 g/mol. The Labute approximate surface area is 201 Å². The summed E-state index contributed by atoms with van der Waals surface area (Å²) in [6, 6.07) is 33.1. The summed E-state index contributed by atoms with van der Waals surface area (Å²) in [6.07, 6.45) is 0. The average molecular weight is 455 g/mol. The van der Waals surface area contributed by atoms with Crippen molar-refractivity contribution in [2.45, 2.75) is 25.0 Å². The number of para-hydroxylation sites is 2. The van der Waals surface area contributed by atoms with Crippen LogP contribution in [0.15, 0.2) is 109 Å². The average Bonchev–Trinajstić information content (AvgIpc) is 2.90. The fraction of sp³-hybridized carbons (Fsp3) is 0.200. The molecule has 4 heteroatoms. The highest BCUT2D eigenvalue weighted by Crippen LogP contribution is 2.53. The van der Waals surface area contributed by atoms with E-state index >= 15 is 0 Å². The lowest BCUT2D eigenvalue weighted by molar-refractivity contribution is -0.115. The Morgan fingerprint density at radius 3 is 1.18 bits per heavy atom. The van der Waals surface area contributed by atoms with Gasteiger partial charge in [-0.1, -0.05) is 97.1 Å². The normalized spacial score (nSPS) is 14.6. The quantitative estimate of drug-likeness (QED) is 0.343. The Balaban J connectivity index is 2.14. The maximum absolute atomic E-state index is 12.9. The van der Waals surface area contributed by atoms with Gasteiger partial charge in [0.1, 0.15) is 11.5 Å². The van der Waals surface area contributed by atoms with Crippen LogP contribution >= 0.6 is 0 Å². The molecule has 0 bridgehead atoms. The molecule has 34 heavy (non-hydrogen) atoms. The first-order valence-corrected chi connectivity index (χ1v) is 11.6. The highest BCUT2D eigenvalue weighted by Gasteiger charge is 2.56. The highest BCUT2D eigenvalue weighted by atomic mass is 16.5. The molecule has 4 aromatic rings. The van der Waals surface area contributed by atoms with E-state index in [1.807, 2.05) is 111 Å². The van der Waals surface area contributed by atoms with Crippen molar-refractivity contribution in [3.05, 3.63) is 131 Å². The van der Waals surface area contributed by atoms with E-state index in [-0.39, 0.29) is 0 Å². The molecule has 0 aliphatic carbocycles. The van der Waals surface area contributed by atoms with Crippen molar-refractivity contribution < 1.29 is 19.7 Å². The van der Waals surface area contributed by atoms with Gasteiger partial charge in [0.25, 0.3) is 0 Å². The summed E-state index contributed by atoms with van der Waals surface area (Å²) >= 11 is 0. The first-order valence-electron chi connectivity index (χ1n) is 11.6. The largest absolute Gasteiger partial charge is 0.493 e. The van der Waals surface area contributed by atoms with E-state index in [1.165, 1.54) is 0 Å². The summed E-state index contributed by atoms with van der Waals surface area (Å²) < 4.78 is 11.9. The highest BCUT2D eigenvalue weighted by molar-refractivity contribution is 5.57. The van der Waals surface area contributed by atoms with Crippen LogP contribution in [-0.2, 0) is 11.2 Å². The lowest BCUT2D eigenvalue weighted by Crippen LogP contribution is -2.51. The Morgan fingerprint density at radius 1 is 0.500 bits per heavy atom. The van der Waals surface area contributed by atoms with Crippen LogP contribution in [0.2, 0.25) is 0 Å². The molecular formula is C30H30O4. The number of hydrogen-bond donors (Lipinski definition) is 2. The van der Waals surface area contributed by atoms with Crippen LogP contribution in [0.3, 0.4) is 0 Å². The first kappa shape index (κ1) is 23.6. The molecule has 4 aromatic carbocycles. The van der Waals surface area contributed by atoms with Crippen LogP contribution in [0.5, 0.6) is 11.5 Å². The van der Waals surface area contributed by atoms with Crippen molar-refractivity contribution in [1.82, 2.24) is 0 Å². The van der Waals surface area contributed by atoms with Crippen LogP contribution in [0.25, 0.3) is 0 Å². The number of rotatable bonds is 9. The van der Waals surface area contributed by atoms with Crippen LogP contribution in [0.1, 0.15) is 36.1 Å². The van der Waals surface area contributed by atoms with E-state index in [2.05, 4.69) is 0 Å². The third-order valence-corrected chi connectivity index (χ3v) is 6.06. The molecule has 0 heterocycles. The van der Waals surface area contributed by atoms with Gasteiger partial charge in [0.05, 0.1) is 13.2 Å². The third kappa shape index (κ3) is 3.96. The van der Waals surface area contributed by atoms with Gasteiger partial charge in [-0.05, 0) is 37.1 Å². The zero-order valence-electron chi connectivity index (χ0n) is 19.5. The predicted molar refractivity (Wildman–Crippen MR) is 134 cm³/mol. The molecule has 0 amide bonds. The van der Waals surface area contributed by atoms with Crippen molar-refractivity contribution in [3.8, 4) is 11.5 Å². The van der Waals surface area contributed by atoms with Crippen molar-refractivity contribution >= 4 is 0 Å². The first-order chi connectivity index (χ1) is 16.6. The number of aliphatic hydroxyl groups is 2. The Kier molecular flexibility index (Phi) is 7.01. The molecular weight excluding hydrogens is 424 g/mol. The smallest absolute Gasteiger partial charge is 0.155 e. The Hall–Kier alpha value is -3.60. The summed E-state index contributed by atoms with van der Waals surface area (Å²) in [5, 5.41) is 25.8. The summed E-state index contributed by atoms with van der Waals surface area (Å²) in [4.78, 5) is 0. The maximum atomic E-state index is 12.9. The van der Waals surface area contributed by atoms with Gasteiger partial charge in [-0.2, -0.15) is 0 Å². The zero-order chi connectivity index (χ0) is 24.0. The molecule has 2 N–H and O–H groups in total. The van der Waals surface area contributed by atoms with Crippen LogP contribution in [-0.4, -0.2) is 23.4 Å². The molecule has 4 rings (SSSR count). The molecule has 0 unspecified atom stereocenters. The summed E-state index contributed by atoms with van der Waals surface area (Å²) in [6.45, 7) is 4.63. The molecule has 0 saturated carbocycles. The SMILES string of the molecule is CCOc1ccccc1[C@](O)(c1ccccc1)[C@](O)(c1ccccc1)c1ccccc1OCC. The molecule has 2 atom stereocenters. The van der Waals surface area contributed by atoms with Gasteiger partial charge < -0.3 is 19.7 Å². The van der Waals surface area contributed by atoms with Crippen molar-refractivity contribution in [2.24, 2.45) is 0 Å². The fourth-order valence-electron chi connectivity index (χ4n) is 4.57. The second kappa shape index (κ2) is 10.1. The second-order valence-electron chi connectivity index (χ2n) is 8.01. The predicted octanol–water partition coefficient (Wildman–Crippen LogP) is 5.66. The summed E-state index contributed by atoms with van der Waals surface area (Å²) in [5.74, 6) is 0.999. The van der Waals surface area contributed by atoms with Crippen LogP contribution in [0, 0.1) is 0 Å². The van der Waals surface area contributed by atoms with Gasteiger partial charge in [0, 0.05) is 11.1 Å². The number of hydrogen-bond acceptors (Lipinski definition) is 4. The standard InChI is InChI=1S/C30H30O4/c1-3-33-27-21-13-11-19-25(27)29(31,23-15-7-5-8-16-23)30(32,24-17-9-6-10-18-24)26-20-12-14-22-28(26)34-4-2/h5-22,31-32H,3-4H2,1-2H3/t29-,30+. The van der Waals surface area contributed by atoms with Gasteiger partial charge in [-0.3, -0.25) is 0 Å². The van der Waals surface area contributed by atoms with E-state index in [0.29, 0.717) is 47.0 Å². The molecule has 174 valence electrons. The van der Waals surface area contributed by atoms with E-state index in [1.54, 1.807) is 12.1 Å².